The number of imide groups is 1. The number of benzene rings is 1. The van der Waals surface area contributed by atoms with Crippen molar-refractivity contribution in [2.45, 2.75) is 12.5 Å². The molecule has 3 unspecified atom stereocenters. The average Bonchev–Trinajstić information content (AvgIpc) is 3.19. The number of methoxy groups -OCH3 is 1. The van der Waals surface area contributed by atoms with Crippen molar-refractivity contribution in [1.82, 2.24) is 4.90 Å². The number of carbonyl (C=O) groups excluding carboxylic acids is 2. The standard InChI is InChI=1S/C14H15NO4/c1-19-12-5-3-2-4-8(12)11(16)7-15-13(17)9-6-10(9)14(15)18/h2-5,9-11,16H,6-7H2,1H3. The van der Waals surface area contributed by atoms with Gasteiger partial charge in [-0.25, -0.2) is 0 Å². The number of carbonyl (C=O) groups is 2. The summed E-state index contributed by atoms with van der Waals surface area (Å²) in [7, 11) is 1.52. The number of piperidine rings is 1. The van der Waals surface area contributed by atoms with E-state index in [4.69, 9.17) is 4.74 Å². The predicted molar refractivity (Wildman–Crippen MR) is 66.3 cm³/mol. The van der Waals surface area contributed by atoms with E-state index >= 15 is 0 Å². The van der Waals surface area contributed by atoms with Gasteiger partial charge in [-0.3, -0.25) is 14.5 Å². The number of aliphatic hydroxyl groups is 1. The van der Waals surface area contributed by atoms with Crippen molar-refractivity contribution in [3.05, 3.63) is 29.8 Å². The Morgan fingerprint density at radius 3 is 2.58 bits per heavy atom. The normalized spacial score (nSPS) is 26.3. The zero-order valence-electron chi connectivity index (χ0n) is 10.6. The van der Waals surface area contributed by atoms with Crippen LogP contribution in [0.15, 0.2) is 24.3 Å². The minimum Gasteiger partial charge on any atom is -0.496 e. The monoisotopic (exact) mass is 261 g/mol. The molecule has 5 nitrogen and oxygen atoms in total. The number of aliphatic hydroxyl groups excluding tert-OH is 1. The summed E-state index contributed by atoms with van der Waals surface area (Å²) >= 11 is 0. The lowest BCUT2D eigenvalue weighted by molar-refractivity contribution is -0.143. The molecule has 100 valence electrons. The first-order valence-corrected chi connectivity index (χ1v) is 6.29. The lowest BCUT2D eigenvalue weighted by Gasteiger charge is -2.21. The van der Waals surface area contributed by atoms with Crippen LogP contribution in [0.5, 0.6) is 5.75 Å². The highest BCUT2D eigenvalue weighted by Crippen LogP contribution is 2.47. The second kappa shape index (κ2) is 4.35. The zero-order valence-corrected chi connectivity index (χ0v) is 10.6. The molecule has 0 bridgehead atoms. The van der Waals surface area contributed by atoms with Crippen LogP contribution >= 0.6 is 0 Å². The van der Waals surface area contributed by atoms with E-state index in [1.807, 2.05) is 0 Å². The van der Waals surface area contributed by atoms with Gasteiger partial charge in [0.05, 0.1) is 25.5 Å². The van der Waals surface area contributed by atoms with Gasteiger partial charge in [-0.15, -0.1) is 0 Å². The van der Waals surface area contributed by atoms with Gasteiger partial charge in [0.15, 0.2) is 0 Å². The number of para-hydroxylation sites is 1. The molecule has 0 spiro atoms. The van der Waals surface area contributed by atoms with Crippen LogP contribution in [0, 0.1) is 11.8 Å². The molecule has 1 N–H and O–H groups in total. The Balaban J connectivity index is 1.76. The molecule has 1 aliphatic heterocycles. The molecule has 1 saturated carbocycles. The quantitative estimate of drug-likeness (QED) is 0.811. The van der Waals surface area contributed by atoms with Crippen LogP contribution in [0.1, 0.15) is 18.1 Å². The van der Waals surface area contributed by atoms with Crippen LogP contribution in [0.3, 0.4) is 0 Å². The first kappa shape index (κ1) is 12.2. The fraction of sp³-hybridized carbons (Fsp3) is 0.429. The maximum atomic E-state index is 11.8. The first-order chi connectivity index (χ1) is 9.13. The van der Waals surface area contributed by atoms with Crippen molar-refractivity contribution >= 4 is 11.8 Å². The highest BCUT2D eigenvalue weighted by molar-refractivity contribution is 6.08. The van der Waals surface area contributed by atoms with Crippen LogP contribution in [0.2, 0.25) is 0 Å². The highest BCUT2D eigenvalue weighted by Gasteiger charge is 2.58. The number of likely N-dealkylation sites (tertiary alicyclic amines) is 1. The number of hydrogen-bond acceptors (Lipinski definition) is 4. The van der Waals surface area contributed by atoms with Crippen LogP contribution in [0.25, 0.3) is 0 Å². The van der Waals surface area contributed by atoms with Gasteiger partial charge >= 0.3 is 0 Å². The number of β-amino-alcohol motifs (C(OH)–C–C–N with tert-alkyl or cyclic N) is 1. The molecule has 2 aliphatic rings. The minimum atomic E-state index is -0.915. The van der Waals surface area contributed by atoms with Crippen molar-refractivity contribution in [3.8, 4) is 5.75 Å². The molecule has 2 fully saturated rings. The Morgan fingerprint density at radius 2 is 1.95 bits per heavy atom. The minimum absolute atomic E-state index is 0.00500. The van der Waals surface area contributed by atoms with E-state index in [1.54, 1.807) is 24.3 Å². The molecule has 2 amide bonds. The Bertz CT molecular complexity index is 522. The van der Waals surface area contributed by atoms with Gasteiger partial charge in [-0.2, -0.15) is 0 Å². The topological polar surface area (TPSA) is 66.8 Å². The predicted octanol–water partition coefficient (Wildman–Crippen LogP) is 0.733. The van der Waals surface area contributed by atoms with E-state index in [0.717, 1.165) is 0 Å². The Hall–Kier alpha value is -1.88. The molecule has 19 heavy (non-hydrogen) atoms. The number of hydrogen-bond donors (Lipinski definition) is 1. The fourth-order valence-electron chi connectivity index (χ4n) is 2.64. The van der Waals surface area contributed by atoms with Gasteiger partial charge in [-0.1, -0.05) is 18.2 Å². The molecule has 1 saturated heterocycles. The van der Waals surface area contributed by atoms with Crippen molar-refractivity contribution in [2.75, 3.05) is 13.7 Å². The maximum absolute atomic E-state index is 11.8. The molecule has 3 atom stereocenters. The lowest BCUT2D eigenvalue weighted by Crippen LogP contribution is -2.36. The van der Waals surface area contributed by atoms with Crippen molar-refractivity contribution in [1.29, 1.82) is 0 Å². The van der Waals surface area contributed by atoms with Gasteiger partial charge < -0.3 is 9.84 Å². The maximum Gasteiger partial charge on any atom is 0.233 e. The number of ether oxygens (including phenoxy) is 1. The molecule has 1 aromatic carbocycles. The number of amides is 2. The summed E-state index contributed by atoms with van der Waals surface area (Å²) in [6.45, 7) is 0.00500. The second-order valence-electron chi connectivity index (χ2n) is 4.99. The third-order valence-corrected chi connectivity index (χ3v) is 3.81. The molecule has 1 heterocycles. The van der Waals surface area contributed by atoms with E-state index in [9.17, 15) is 14.7 Å². The number of fused-ring (bicyclic) bond motifs is 1. The van der Waals surface area contributed by atoms with Crippen molar-refractivity contribution in [2.24, 2.45) is 11.8 Å². The largest absolute Gasteiger partial charge is 0.496 e. The SMILES string of the molecule is COc1ccccc1C(O)CN1C(=O)C2CC2C1=O. The third-order valence-electron chi connectivity index (χ3n) is 3.81. The first-order valence-electron chi connectivity index (χ1n) is 6.29. The summed E-state index contributed by atoms with van der Waals surface area (Å²) in [5.41, 5.74) is 0.589. The Labute approximate surface area is 110 Å². The summed E-state index contributed by atoms with van der Waals surface area (Å²) in [6.07, 6.45) is -0.236. The van der Waals surface area contributed by atoms with E-state index in [0.29, 0.717) is 17.7 Å². The van der Waals surface area contributed by atoms with Gasteiger partial charge in [0, 0.05) is 5.56 Å². The van der Waals surface area contributed by atoms with Gasteiger partial charge in [-0.05, 0) is 12.5 Å². The van der Waals surface area contributed by atoms with E-state index in [2.05, 4.69) is 0 Å². The highest BCUT2D eigenvalue weighted by atomic mass is 16.5. The summed E-state index contributed by atoms with van der Waals surface area (Å²) in [6, 6.07) is 7.06. The van der Waals surface area contributed by atoms with E-state index in [1.165, 1.54) is 12.0 Å². The van der Waals surface area contributed by atoms with Crippen LogP contribution in [-0.4, -0.2) is 35.5 Å². The van der Waals surface area contributed by atoms with Crippen LogP contribution in [-0.2, 0) is 9.59 Å². The third kappa shape index (κ3) is 1.90. The van der Waals surface area contributed by atoms with Gasteiger partial charge in [0.25, 0.3) is 0 Å². The van der Waals surface area contributed by atoms with Crippen LogP contribution < -0.4 is 4.74 Å². The zero-order chi connectivity index (χ0) is 13.6. The Kier molecular flexibility index (Phi) is 2.78. The average molecular weight is 261 g/mol. The molecule has 5 heteroatoms. The Morgan fingerprint density at radius 1 is 1.32 bits per heavy atom. The molecular weight excluding hydrogens is 246 g/mol. The smallest absolute Gasteiger partial charge is 0.233 e. The molecule has 1 aliphatic carbocycles. The van der Waals surface area contributed by atoms with E-state index < -0.39 is 6.10 Å². The number of rotatable bonds is 4. The number of nitrogens with zero attached hydrogens (tertiary/aromatic N) is 1. The van der Waals surface area contributed by atoms with Crippen molar-refractivity contribution < 1.29 is 19.4 Å². The van der Waals surface area contributed by atoms with Crippen molar-refractivity contribution in [3.63, 3.8) is 0 Å². The van der Waals surface area contributed by atoms with E-state index in [-0.39, 0.29) is 30.2 Å². The van der Waals surface area contributed by atoms with Crippen LogP contribution in [0.4, 0.5) is 0 Å². The summed E-state index contributed by atoms with van der Waals surface area (Å²) in [5, 5.41) is 10.2. The van der Waals surface area contributed by atoms with Gasteiger partial charge in [0.1, 0.15) is 11.9 Å². The molecule has 0 aromatic heterocycles. The molecule has 3 rings (SSSR count). The lowest BCUT2D eigenvalue weighted by atomic mass is 10.1. The van der Waals surface area contributed by atoms with Gasteiger partial charge in [0.2, 0.25) is 11.8 Å². The summed E-state index contributed by atoms with van der Waals surface area (Å²) < 4.78 is 5.17. The molecule has 1 aromatic rings. The summed E-state index contributed by atoms with van der Waals surface area (Å²) in [4.78, 5) is 24.9. The summed E-state index contributed by atoms with van der Waals surface area (Å²) in [5.74, 6) is 0.00175. The molecule has 0 radical (unpaired) electrons. The fourth-order valence-corrected chi connectivity index (χ4v) is 2.64. The molecular formula is C14H15NO4. The second-order valence-corrected chi connectivity index (χ2v) is 4.99.